The molecule has 0 bridgehead atoms. The minimum atomic E-state index is -0.126. The van der Waals surface area contributed by atoms with Crippen LogP contribution in [0.5, 0.6) is 0 Å². The second kappa shape index (κ2) is 5.98. The molecule has 18 heavy (non-hydrogen) atoms. The van der Waals surface area contributed by atoms with Gasteiger partial charge in [-0.05, 0) is 12.6 Å². The Labute approximate surface area is 107 Å². The van der Waals surface area contributed by atoms with Gasteiger partial charge in [-0.3, -0.25) is 0 Å². The van der Waals surface area contributed by atoms with Gasteiger partial charge < -0.3 is 10.5 Å². The molecule has 0 aliphatic heterocycles. The zero-order valence-corrected chi connectivity index (χ0v) is 10.2. The summed E-state index contributed by atoms with van der Waals surface area (Å²) in [5, 5.41) is 15.9. The van der Waals surface area contributed by atoms with Crippen molar-refractivity contribution >= 4 is 5.71 Å². The summed E-state index contributed by atoms with van der Waals surface area (Å²) >= 11 is 0. The Bertz CT molecular complexity index is 509. The van der Waals surface area contributed by atoms with Crippen LogP contribution in [0.25, 0.3) is 0 Å². The SMILES string of the molecule is CNC(/C(=N/O)c1ccccc1)c1ccccc1. The van der Waals surface area contributed by atoms with Gasteiger partial charge in [-0.25, -0.2) is 0 Å². The van der Waals surface area contributed by atoms with Crippen LogP contribution in [0.4, 0.5) is 0 Å². The van der Waals surface area contributed by atoms with Gasteiger partial charge in [-0.15, -0.1) is 0 Å². The summed E-state index contributed by atoms with van der Waals surface area (Å²) in [6.07, 6.45) is 0. The lowest BCUT2D eigenvalue weighted by atomic mass is 9.97. The zero-order valence-electron chi connectivity index (χ0n) is 10.2. The highest BCUT2D eigenvalue weighted by Gasteiger charge is 2.18. The maximum absolute atomic E-state index is 9.29. The average molecular weight is 240 g/mol. The highest BCUT2D eigenvalue weighted by molar-refractivity contribution is 6.04. The summed E-state index contributed by atoms with van der Waals surface area (Å²) in [6.45, 7) is 0. The summed E-state index contributed by atoms with van der Waals surface area (Å²) in [7, 11) is 1.85. The van der Waals surface area contributed by atoms with Gasteiger partial charge in [-0.2, -0.15) is 0 Å². The van der Waals surface area contributed by atoms with Crippen molar-refractivity contribution in [3.8, 4) is 0 Å². The van der Waals surface area contributed by atoms with Crippen molar-refractivity contribution in [1.29, 1.82) is 0 Å². The number of likely N-dealkylation sites (N-methyl/N-ethyl adjacent to an activating group) is 1. The van der Waals surface area contributed by atoms with Gasteiger partial charge in [0.1, 0.15) is 5.71 Å². The summed E-state index contributed by atoms with van der Waals surface area (Å²) in [5.41, 5.74) is 2.59. The normalized spacial score (nSPS) is 13.3. The molecule has 1 unspecified atom stereocenters. The Kier molecular flexibility index (Phi) is 4.10. The minimum absolute atomic E-state index is 0.126. The number of hydrogen-bond acceptors (Lipinski definition) is 3. The summed E-state index contributed by atoms with van der Waals surface area (Å²) in [6, 6.07) is 19.5. The van der Waals surface area contributed by atoms with E-state index in [1.807, 2.05) is 67.7 Å². The van der Waals surface area contributed by atoms with E-state index in [0.717, 1.165) is 11.1 Å². The van der Waals surface area contributed by atoms with Crippen molar-refractivity contribution in [2.24, 2.45) is 5.16 Å². The van der Waals surface area contributed by atoms with Gasteiger partial charge in [0.05, 0.1) is 6.04 Å². The number of hydrogen-bond donors (Lipinski definition) is 2. The molecule has 0 fully saturated rings. The molecule has 2 N–H and O–H groups in total. The van der Waals surface area contributed by atoms with Gasteiger partial charge in [0.25, 0.3) is 0 Å². The van der Waals surface area contributed by atoms with E-state index in [-0.39, 0.29) is 6.04 Å². The first kappa shape index (κ1) is 12.3. The average Bonchev–Trinajstić information content (AvgIpc) is 2.46. The first-order valence-electron chi connectivity index (χ1n) is 5.86. The van der Waals surface area contributed by atoms with Gasteiger partial charge in [0.15, 0.2) is 0 Å². The van der Waals surface area contributed by atoms with Crippen LogP contribution in [-0.4, -0.2) is 18.0 Å². The van der Waals surface area contributed by atoms with Crippen molar-refractivity contribution < 1.29 is 5.21 Å². The minimum Gasteiger partial charge on any atom is -0.411 e. The first-order valence-corrected chi connectivity index (χ1v) is 5.86. The monoisotopic (exact) mass is 240 g/mol. The third kappa shape index (κ3) is 2.57. The third-order valence-corrected chi connectivity index (χ3v) is 2.87. The molecule has 0 heterocycles. The summed E-state index contributed by atoms with van der Waals surface area (Å²) in [5.74, 6) is 0. The molecule has 3 heteroatoms. The Morgan fingerprint density at radius 2 is 1.56 bits per heavy atom. The van der Waals surface area contributed by atoms with Gasteiger partial charge in [-0.1, -0.05) is 65.8 Å². The van der Waals surface area contributed by atoms with Crippen molar-refractivity contribution in [2.45, 2.75) is 6.04 Å². The predicted molar refractivity (Wildman–Crippen MR) is 73.0 cm³/mol. The molecule has 2 aromatic rings. The van der Waals surface area contributed by atoms with E-state index in [4.69, 9.17) is 0 Å². The molecule has 0 saturated carbocycles. The topological polar surface area (TPSA) is 44.6 Å². The fourth-order valence-corrected chi connectivity index (χ4v) is 2.00. The molecule has 0 aliphatic carbocycles. The van der Waals surface area contributed by atoms with Crippen LogP contribution in [0, 0.1) is 0 Å². The largest absolute Gasteiger partial charge is 0.411 e. The molecule has 0 radical (unpaired) electrons. The lowest BCUT2D eigenvalue weighted by Gasteiger charge is -2.18. The number of nitrogens with one attached hydrogen (secondary N) is 1. The highest BCUT2D eigenvalue weighted by atomic mass is 16.4. The van der Waals surface area contributed by atoms with E-state index >= 15 is 0 Å². The fraction of sp³-hybridized carbons (Fsp3) is 0.133. The quantitative estimate of drug-likeness (QED) is 0.490. The second-order valence-corrected chi connectivity index (χ2v) is 3.98. The predicted octanol–water partition coefficient (Wildman–Crippen LogP) is 2.83. The maximum Gasteiger partial charge on any atom is 0.108 e. The molecule has 0 spiro atoms. The number of nitrogens with zero attached hydrogens (tertiary/aromatic N) is 1. The molecule has 92 valence electrons. The van der Waals surface area contributed by atoms with Crippen LogP contribution < -0.4 is 5.32 Å². The second-order valence-electron chi connectivity index (χ2n) is 3.98. The van der Waals surface area contributed by atoms with Crippen molar-refractivity contribution in [3.63, 3.8) is 0 Å². The first-order chi connectivity index (χ1) is 8.86. The van der Waals surface area contributed by atoms with Crippen LogP contribution in [-0.2, 0) is 0 Å². The molecule has 0 aliphatic rings. The Morgan fingerprint density at radius 3 is 2.06 bits per heavy atom. The Balaban J connectivity index is 2.38. The molecule has 3 nitrogen and oxygen atoms in total. The molecular weight excluding hydrogens is 224 g/mol. The molecule has 2 rings (SSSR count). The maximum atomic E-state index is 9.29. The van der Waals surface area contributed by atoms with E-state index in [2.05, 4.69) is 10.5 Å². The lowest BCUT2D eigenvalue weighted by Crippen LogP contribution is -2.26. The van der Waals surface area contributed by atoms with Crippen LogP contribution in [0.2, 0.25) is 0 Å². The van der Waals surface area contributed by atoms with E-state index in [9.17, 15) is 5.21 Å². The molecule has 1 atom stereocenters. The van der Waals surface area contributed by atoms with Crippen molar-refractivity contribution in [1.82, 2.24) is 5.32 Å². The van der Waals surface area contributed by atoms with Gasteiger partial charge in [0, 0.05) is 5.56 Å². The molecule has 0 saturated heterocycles. The number of oxime groups is 1. The smallest absolute Gasteiger partial charge is 0.108 e. The Morgan fingerprint density at radius 1 is 1.00 bits per heavy atom. The van der Waals surface area contributed by atoms with E-state index < -0.39 is 0 Å². The van der Waals surface area contributed by atoms with Crippen molar-refractivity contribution in [3.05, 3.63) is 71.8 Å². The molecule has 0 amide bonds. The molecule has 0 aromatic heterocycles. The number of rotatable bonds is 4. The van der Waals surface area contributed by atoms with Crippen LogP contribution in [0.1, 0.15) is 17.2 Å². The molecule has 2 aromatic carbocycles. The van der Waals surface area contributed by atoms with Gasteiger partial charge >= 0.3 is 0 Å². The fourth-order valence-electron chi connectivity index (χ4n) is 2.00. The lowest BCUT2D eigenvalue weighted by molar-refractivity contribution is 0.316. The van der Waals surface area contributed by atoms with Crippen LogP contribution in [0.15, 0.2) is 65.8 Å². The number of benzene rings is 2. The summed E-state index contributed by atoms with van der Waals surface area (Å²) < 4.78 is 0. The van der Waals surface area contributed by atoms with E-state index in [0.29, 0.717) is 5.71 Å². The highest BCUT2D eigenvalue weighted by Crippen LogP contribution is 2.18. The van der Waals surface area contributed by atoms with Gasteiger partial charge in [0.2, 0.25) is 0 Å². The van der Waals surface area contributed by atoms with Crippen molar-refractivity contribution in [2.75, 3.05) is 7.05 Å². The third-order valence-electron chi connectivity index (χ3n) is 2.87. The summed E-state index contributed by atoms with van der Waals surface area (Å²) in [4.78, 5) is 0. The van der Waals surface area contributed by atoms with E-state index in [1.165, 1.54) is 0 Å². The Hall–Kier alpha value is -2.13. The molecular formula is C15H16N2O. The van der Waals surface area contributed by atoms with Crippen LogP contribution in [0.3, 0.4) is 0 Å². The van der Waals surface area contributed by atoms with Crippen LogP contribution >= 0.6 is 0 Å². The standard InChI is InChI=1S/C15H16N2O/c1-16-14(12-8-4-2-5-9-12)15(17-18)13-10-6-3-7-11-13/h2-11,14,16,18H,1H3/b17-15+. The van der Waals surface area contributed by atoms with E-state index in [1.54, 1.807) is 0 Å². The zero-order chi connectivity index (χ0) is 12.8.